The van der Waals surface area contributed by atoms with Gasteiger partial charge in [0.2, 0.25) is 0 Å². The van der Waals surface area contributed by atoms with E-state index in [2.05, 4.69) is 16.7 Å². The summed E-state index contributed by atoms with van der Waals surface area (Å²) in [5, 5.41) is 4.99. The van der Waals surface area contributed by atoms with Gasteiger partial charge in [-0.3, -0.25) is 0 Å². The first-order valence-electron chi connectivity index (χ1n) is 7.44. The average molecular weight is 307 g/mol. The summed E-state index contributed by atoms with van der Waals surface area (Å²) in [6.45, 7) is 6.40. The number of aromatic nitrogens is 3. The molecule has 1 aromatic carbocycles. The molecule has 0 aliphatic rings. The number of aryl methyl sites for hydroxylation is 1. The predicted molar refractivity (Wildman–Crippen MR) is 89.1 cm³/mol. The number of nitrogens with zero attached hydrogens (tertiary/aromatic N) is 3. The number of hydrogen-bond donors (Lipinski definition) is 0. The van der Waals surface area contributed by atoms with Crippen LogP contribution in [0.3, 0.4) is 0 Å². The molecule has 0 spiro atoms. The second-order valence-electron chi connectivity index (χ2n) is 5.01. The van der Waals surface area contributed by atoms with E-state index in [4.69, 9.17) is 4.74 Å². The second-order valence-corrected chi connectivity index (χ2v) is 5.01. The summed E-state index contributed by atoms with van der Waals surface area (Å²) < 4.78 is 6.97. The van der Waals surface area contributed by atoms with E-state index in [1.807, 2.05) is 37.3 Å². The fraction of sp³-hybridized carbons (Fsp3) is 0.167. The number of ether oxygens (including phenoxy) is 1. The summed E-state index contributed by atoms with van der Waals surface area (Å²) in [4.78, 5) is 17.0. The first kappa shape index (κ1) is 15.0. The molecule has 0 bridgehead atoms. The van der Waals surface area contributed by atoms with Crippen molar-refractivity contribution in [2.24, 2.45) is 0 Å². The zero-order valence-electron chi connectivity index (χ0n) is 12.9. The van der Waals surface area contributed by atoms with Crippen molar-refractivity contribution in [3.8, 4) is 11.3 Å². The molecule has 0 unspecified atom stereocenters. The highest BCUT2D eigenvalue weighted by molar-refractivity contribution is 6.03. The first-order chi connectivity index (χ1) is 11.2. The van der Waals surface area contributed by atoms with Gasteiger partial charge in [-0.05, 0) is 13.0 Å². The van der Waals surface area contributed by atoms with Gasteiger partial charge in [0, 0.05) is 12.1 Å². The Morgan fingerprint density at radius 2 is 2.13 bits per heavy atom. The third-order valence-electron chi connectivity index (χ3n) is 3.53. The summed E-state index contributed by atoms with van der Waals surface area (Å²) in [7, 11) is 0. The number of hydrogen-bond acceptors (Lipinski definition) is 4. The Kier molecular flexibility index (Phi) is 4.19. The van der Waals surface area contributed by atoms with Crippen molar-refractivity contribution in [3.05, 3.63) is 60.8 Å². The molecule has 0 N–H and O–H groups in total. The van der Waals surface area contributed by atoms with E-state index in [1.54, 1.807) is 23.0 Å². The molecule has 5 nitrogen and oxygen atoms in total. The van der Waals surface area contributed by atoms with Crippen LogP contribution >= 0.6 is 0 Å². The van der Waals surface area contributed by atoms with E-state index in [1.165, 1.54) is 0 Å². The van der Waals surface area contributed by atoms with Gasteiger partial charge in [-0.2, -0.15) is 5.10 Å². The number of carbonyl (C=O) groups is 1. The molecule has 2 aromatic heterocycles. The predicted octanol–water partition coefficient (Wildman–Crippen LogP) is 3.46. The second kappa shape index (κ2) is 6.44. The van der Waals surface area contributed by atoms with E-state index in [9.17, 15) is 4.79 Å². The van der Waals surface area contributed by atoms with Crippen molar-refractivity contribution in [1.82, 2.24) is 14.8 Å². The minimum atomic E-state index is -0.398. The van der Waals surface area contributed by atoms with Crippen LogP contribution in [0.2, 0.25) is 0 Å². The van der Waals surface area contributed by atoms with Gasteiger partial charge in [0.25, 0.3) is 0 Å². The van der Waals surface area contributed by atoms with Gasteiger partial charge in [0.15, 0.2) is 5.65 Å². The standard InChI is InChI=1S/C18H17N3O2/c1-3-10-23-18(22)14-11-16(13-8-6-5-7-9-13)20-17-15(14)12-19-21(17)4-2/h3,5-9,11-12H,1,4,10H2,2H3. The minimum Gasteiger partial charge on any atom is -0.458 e. The van der Waals surface area contributed by atoms with Gasteiger partial charge in [-0.25, -0.2) is 14.5 Å². The Morgan fingerprint density at radius 1 is 1.35 bits per heavy atom. The number of rotatable bonds is 5. The third-order valence-corrected chi connectivity index (χ3v) is 3.53. The van der Waals surface area contributed by atoms with E-state index in [0.29, 0.717) is 23.1 Å². The number of carbonyl (C=O) groups excluding carboxylic acids is 1. The Labute approximate surface area is 134 Å². The largest absolute Gasteiger partial charge is 0.458 e. The summed E-state index contributed by atoms with van der Waals surface area (Å²) in [6.07, 6.45) is 3.20. The fourth-order valence-electron chi connectivity index (χ4n) is 2.42. The summed E-state index contributed by atoms with van der Waals surface area (Å²) in [5.41, 5.74) is 2.81. The van der Waals surface area contributed by atoms with E-state index < -0.39 is 5.97 Å². The van der Waals surface area contributed by atoms with Crippen molar-refractivity contribution < 1.29 is 9.53 Å². The lowest BCUT2D eigenvalue weighted by Crippen LogP contribution is -2.07. The molecule has 2 heterocycles. The van der Waals surface area contributed by atoms with Gasteiger partial charge in [0.1, 0.15) is 6.61 Å². The minimum absolute atomic E-state index is 0.172. The summed E-state index contributed by atoms with van der Waals surface area (Å²) >= 11 is 0. The lowest BCUT2D eigenvalue weighted by atomic mass is 10.1. The molecule has 0 atom stereocenters. The highest BCUT2D eigenvalue weighted by Crippen LogP contribution is 2.25. The van der Waals surface area contributed by atoms with Gasteiger partial charge < -0.3 is 4.74 Å². The molecular formula is C18H17N3O2. The van der Waals surface area contributed by atoms with Crippen LogP contribution in [0.5, 0.6) is 0 Å². The van der Waals surface area contributed by atoms with Crippen molar-refractivity contribution in [2.75, 3.05) is 6.61 Å². The molecule has 0 fully saturated rings. The Morgan fingerprint density at radius 3 is 2.83 bits per heavy atom. The van der Waals surface area contributed by atoms with E-state index in [-0.39, 0.29) is 6.61 Å². The van der Waals surface area contributed by atoms with Crippen LogP contribution in [0.4, 0.5) is 0 Å². The van der Waals surface area contributed by atoms with Crippen molar-refractivity contribution in [1.29, 1.82) is 0 Å². The van der Waals surface area contributed by atoms with Gasteiger partial charge in [0.05, 0.1) is 22.8 Å². The molecule has 116 valence electrons. The molecule has 0 aliphatic carbocycles. The number of esters is 1. The number of benzene rings is 1. The molecule has 0 radical (unpaired) electrons. The maximum absolute atomic E-state index is 12.4. The zero-order chi connectivity index (χ0) is 16.2. The van der Waals surface area contributed by atoms with Crippen LogP contribution in [0.15, 0.2) is 55.3 Å². The highest BCUT2D eigenvalue weighted by Gasteiger charge is 2.17. The number of fused-ring (bicyclic) bond motifs is 1. The van der Waals surface area contributed by atoms with E-state index in [0.717, 1.165) is 11.3 Å². The van der Waals surface area contributed by atoms with E-state index >= 15 is 0 Å². The Hall–Kier alpha value is -2.95. The molecular weight excluding hydrogens is 290 g/mol. The van der Waals surface area contributed by atoms with Gasteiger partial charge in [-0.15, -0.1) is 0 Å². The summed E-state index contributed by atoms with van der Waals surface area (Å²) in [6, 6.07) is 11.5. The van der Waals surface area contributed by atoms with Crippen molar-refractivity contribution in [2.45, 2.75) is 13.5 Å². The molecule has 0 amide bonds. The third kappa shape index (κ3) is 2.85. The zero-order valence-corrected chi connectivity index (χ0v) is 12.9. The van der Waals surface area contributed by atoms with Gasteiger partial charge in [-0.1, -0.05) is 43.0 Å². The molecule has 3 aromatic rings. The van der Waals surface area contributed by atoms with Crippen LogP contribution in [0.25, 0.3) is 22.3 Å². The van der Waals surface area contributed by atoms with Crippen LogP contribution < -0.4 is 0 Å². The van der Waals surface area contributed by atoms with Gasteiger partial charge >= 0.3 is 5.97 Å². The highest BCUT2D eigenvalue weighted by atomic mass is 16.5. The normalized spacial score (nSPS) is 10.7. The maximum atomic E-state index is 12.4. The monoisotopic (exact) mass is 307 g/mol. The van der Waals surface area contributed by atoms with Crippen LogP contribution in [0.1, 0.15) is 17.3 Å². The average Bonchev–Trinajstić information content (AvgIpc) is 3.02. The first-order valence-corrected chi connectivity index (χ1v) is 7.44. The Bertz CT molecular complexity index is 853. The molecule has 5 heteroatoms. The van der Waals surface area contributed by atoms with Crippen LogP contribution in [-0.4, -0.2) is 27.3 Å². The summed E-state index contributed by atoms with van der Waals surface area (Å²) in [5.74, 6) is -0.398. The fourth-order valence-corrected chi connectivity index (χ4v) is 2.42. The Balaban J connectivity index is 2.19. The molecule has 23 heavy (non-hydrogen) atoms. The van der Waals surface area contributed by atoms with Crippen molar-refractivity contribution >= 4 is 17.0 Å². The quantitative estimate of drug-likeness (QED) is 0.535. The lowest BCUT2D eigenvalue weighted by Gasteiger charge is -2.08. The maximum Gasteiger partial charge on any atom is 0.339 e. The SMILES string of the molecule is C=CCOC(=O)c1cc(-c2ccccc2)nc2c1cnn2CC. The smallest absolute Gasteiger partial charge is 0.339 e. The molecule has 0 saturated heterocycles. The van der Waals surface area contributed by atoms with Crippen molar-refractivity contribution in [3.63, 3.8) is 0 Å². The van der Waals surface area contributed by atoms with Crippen LogP contribution in [-0.2, 0) is 11.3 Å². The topological polar surface area (TPSA) is 57.0 Å². The molecule has 0 aliphatic heterocycles. The lowest BCUT2D eigenvalue weighted by molar-refractivity contribution is 0.0552. The van der Waals surface area contributed by atoms with Crippen LogP contribution in [0, 0.1) is 0 Å². The molecule has 3 rings (SSSR count). The molecule has 0 saturated carbocycles. The number of pyridine rings is 1.